The molecule has 20 heavy (non-hydrogen) atoms. The van der Waals surface area contributed by atoms with E-state index in [1.54, 1.807) is 11.0 Å². The minimum atomic E-state index is -0.774. The van der Waals surface area contributed by atoms with Crippen LogP contribution in [0.15, 0.2) is 24.3 Å². The number of aliphatic carboxylic acids is 1. The highest BCUT2D eigenvalue weighted by molar-refractivity contribution is 5.96. The summed E-state index contributed by atoms with van der Waals surface area (Å²) in [5.74, 6) is -1.15. The third kappa shape index (κ3) is 2.41. The summed E-state index contributed by atoms with van der Waals surface area (Å²) in [7, 11) is 0. The fraction of sp³-hybridized carbons (Fsp3) is 0.467. The zero-order valence-electron chi connectivity index (χ0n) is 11.1. The zero-order valence-corrected chi connectivity index (χ0v) is 11.1. The molecule has 5 nitrogen and oxygen atoms in total. The molecule has 5 heteroatoms. The first-order chi connectivity index (χ1) is 9.68. The van der Waals surface area contributed by atoms with Crippen LogP contribution in [0.3, 0.4) is 0 Å². The number of hydrogen-bond donors (Lipinski definition) is 1. The smallest absolute Gasteiger partial charge is 0.307 e. The van der Waals surface area contributed by atoms with Crippen LogP contribution >= 0.6 is 0 Å². The summed E-state index contributed by atoms with van der Waals surface area (Å²) in [6, 6.07) is 7.36. The second kappa shape index (κ2) is 5.25. The number of carboxylic acids is 1. The Kier molecular flexibility index (Phi) is 3.44. The van der Waals surface area contributed by atoms with Crippen molar-refractivity contribution >= 4 is 11.9 Å². The third-order valence-electron chi connectivity index (χ3n) is 4.00. The molecule has 0 radical (unpaired) electrons. The monoisotopic (exact) mass is 275 g/mol. The van der Waals surface area contributed by atoms with Gasteiger partial charge in [-0.1, -0.05) is 18.2 Å². The summed E-state index contributed by atoms with van der Waals surface area (Å²) in [6.07, 6.45) is 0.628. The summed E-state index contributed by atoms with van der Waals surface area (Å²) in [6.45, 7) is 2.32. The van der Waals surface area contributed by atoms with Gasteiger partial charge in [0.25, 0.3) is 5.91 Å². The molecule has 2 unspecified atom stereocenters. The maximum Gasteiger partial charge on any atom is 0.307 e. The molecule has 0 spiro atoms. The fourth-order valence-electron chi connectivity index (χ4n) is 2.76. The van der Waals surface area contributed by atoms with Crippen LogP contribution in [-0.4, -0.2) is 48.2 Å². The van der Waals surface area contributed by atoms with Gasteiger partial charge in [0.1, 0.15) is 0 Å². The normalized spacial score (nSPS) is 25.3. The van der Waals surface area contributed by atoms with Crippen molar-refractivity contribution in [1.82, 2.24) is 4.90 Å². The molecule has 0 bridgehead atoms. The Balaban J connectivity index is 1.83. The predicted molar refractivity (Wildman–Crippen MR) is 71.6 cm³/mol. The Morgan fingerprint density at radius 1 is 1.20 bits per heavy atom. The highest BCUT2D eigenvalue weighted by atomic mass is 16.5. The van der Waals surface area contributed by atoms with Gasteiger partial charge in [0.05, 0.1) is 19.1 Å². The van der Waals surface area contributed by atoms with E-state index in [1.165, 1.54) is 0 Å². The Bertz CT molecular complexity index is 536. The molecule has 1 aliphatic heterocycles. The van der Waals surface area contributed by atoms with Crippen molar-refractivity contribution in [1.29, 1.82) is 0 Å². The molecule has 1 aromatic carbocycles. The first kappa shape index (κ1) is 13.1. The Morgan fingerprint density at radius 3 is 2.55 bits per heavy atom. The van der Waals surface area contributed by atoms with E-state index in [-0.39, 0.29) is 17.7 Å². The molecule has 0 aromatic heterocycles. The predicted octanol–water partition coefficient (Wildman–Crippen LogP) is 1.35. The first-order valence-electron chi connectivity index (χ1n) is 6.87. The fourth-order valence-corrected chi connectivity index (χ4v) is 2.76. The van der Waals surface area contributed by atoms with Gasteiger partial charge in [0.2, 0.25) is 0 Å². The van der Waals surface area contributed by atoms with Gasteiger partial charge in [0.15, 0.2) is 0 Å². The van der Waals surface area contributed by atoms with Crippen molar-refractivity contribution in [3.63, 3.8) is 0 Å². The highest BCUT2D eigenvalue weighted by Crippen LogP contribution is 2.48. The van der Waals surface area contributed by atoms with Crippen LogP contribution in [0.2, 0.25) is 0 Å². The number of rotatable bonds is 3. The minimum Gasteiger partial charge on any atom is -0.481 e. The largest absolute Gasteiger partial charge is 0.481 e. The molecule has 2 atom stereocenters. The van der Waals surface area contributed by atoms with Gasteiger partial charge in [-0.3, -0.25) is 9.59 Å². The van der Waals surface area contributed by atoms with E-state index >= 15 is 0 Å². The Hall–Kier alpha value is -1.88. The number of carbonyl (C=O) groups excluding carboxylic acids is 1. The van der Waals surface area contributed by atoms with Crippen molar-refractivity contribution in [2.75, 3.05) is 26.3 Å². The van der Waals surface area contributed by atoms with Gasteiger partial charge in [-0.2, -0.15) is 0 Å². The van der Waals surface area contributed by atoms with Crippen molar-refractivity contribution in [3.05, 3.63) is 35.4 Å². The van der Waals surface area contributed by atoms with E-state index in [2.05, 4.69) is 0 Å². The summed E-state index contributed by atoms with van der Waals surface area (Å²) in [4.78, 5) is 25.3. The molecule has 3 rings (SSSR count). The number of benzene rings is 1. The van der Waals surface area contributed by atoms with E-state index in [4.69, 9.17) is 9.84 Å². The zero-order chi connectivity index (χ0) is 14.1. The number of ether oxygens (including phenoxy) is 1. The molecule has 1 aromatic rings. The Morgan fingerprint density at radius 2 is 1.90 bits per heavy atom. The highest BCUT2D eigenvalue weighted by Gasteiger charge is 2.45. The van der Waals surface area contributed by atoms with E-state index < -0.39 is 5.97 Å². The molecular weight excluding hydrogens is 258 g/mol. The average Bonchev–Trinajstić information content (AvgIpc) is 3.28. The maximum absolute atomic E-state index is 12.6. The second-order valence-electron chi connectivity index (χ2n) is 5.28. The molecule has 1 heterocycles. The van der Waals surface area contributed by atoms with E-state index in [9.17, 15) is 9.59 Å². The number of morpholine rings is 1. The summed E-state index contributed by atoms with van der Waals surface area (Å²) < 4.78 is 5.25. The summed E-state index contributed by atoms with van der Waals surface area (Å²) in [5, 5.41) is 9.05. The van der Waals surface area contributed by atoms with E-state index in [0.29, 0.717) is 38.3 Å². The molecule has 1 amide bonds. The molecule has 2 aliphatic rings. The van der Waals surface area contributed by atoms with Crippen molar-refractivity contribution in [3.8, 4) is 0 Å². The lowest BCUT2D eigenvalue weighted by molar-refractivity contribution is -0.138. The van der Waals surface area contributed by atoms with E-state index in [1.807, 2.05) is 18.2 Å². The molecular formula is C15H17NO4. The van der Waals surface area contributed by atoms with Crippen LogP contribution in [0.1, 0.15) is 28.3 Å². The SMILES string of the molecule is O=C(O)C1CC1c1ccccc1C(=O)N1CCOCC1. The summed E-state index contributed by atoms with van der Waals surface area (Å²) in [5.41, 5.74) is 1.51. The quantitative estimate of drug-likeness (QED) is 0.904. The van der Waals surface area contributed by atoms with Crippen LogP contribution in [0.25, 0.3) is 0 Å². The number of carboxylic acid groups (broad SMARTS) is 1. The average molecular weight is 275 g/mol. The minimum absolute atomic E-state index is 0.0139. The summed E-state index contributed by atoms with van der Waals surface area (Å²) >= 11 is 0. The number of nitrogens with zero attached hydrogens (tertiary/aromatic N) is 1. The topological polar surface area (TPSA) is 66.8 Å². The van der Waals surface area contributed by atoms with Crippen LogP contribution in [0.5, 0.6) is 0 Å². The molecule has 1 saturated carbocycles. The molecule has 2 fully saturated rings. The number of carbonyl (C=O) groups is 2. The second-order valence-corrected chi connectivity index (χ2v) is 5.28. The van der Waals surface area contributed by atoms with Crippen LogP contribution < -0.4 is 0 Å². The lowest BCUT2D eigenvalue weighted by Gasteiger charge is -2.27. The first-order valence-corrected chi connectivity index (χ1v) is 6.87. The van der Waals surface area contributed by atoms with Gasteiger partial charge in [-0.15, -0.1) is 0 Å². The van der Waals surface area contributed by atoms with Crippen molar-refractivity contribution in [2.24, 2.45) is 5.92 Å². The van der Waals surface area contributed by atoms with Gasteiger partial charge in [-0.05, 0) is 24.0 Å². The van der Waals surface area contributed by atoms with Gasteiger partial charge < -0.3 is 14.7 Å². The van der Waals surface area contributed by atoms with E-state index in [0.717, 1.165) is 5.56 Å². The molecule has 1 saturated heterocycles. The number of amides is 1. The van der Waals surface area contributed by atoms with Crippen LogP contribution in [0.4, 0.5) is 0 Å². The van der Waals surface area contributed by atoms with Crippen LogP contribution in [-0.2, 0) is 9.53 Å². The van der Waals surface area contributed by atoms with Crippen LogP contribution in [0, 0.1) is 5.92 Å². The van der Waals surface area contributed by atoms with Crippen molar-refractivity contribution < 1.29 is 19.4 Å². The molecule has 1 aliphatic carbocycles. The number of hydrogen-bond acceptors (Lipinski definition) is 3. The standard InChI is InChI=1S/C15H17NO4/c17-14(16-5-7-20-8-6-16)11-4-2-1-3-10(11)12-9-13(12)15(18)19/h1-4,12-13H,5-9H2,(H,18,19). The van der Waals surface area contributed by atoms with Gasteiger partial charge in [-0.25, -0.2) is 0 Å². The Labute approximate surface area is 117 Å². The van der Waals surface area contributed by atoms with Gasteiger partial charge >= 0.3 is 5.97 Å². The third-order valence-corrected chi connectivity index (χ3v) is 4.00. The van der Waals surface area contributed by atoms with Gasteiger partial charge in [0, 0.05) is 18.7 Å². The van der Waals surface area contributed by atoms with Crippen molar-refractivity contribution in [2.45, 2.75) is 12.3 Å². The molecule has 1 N–H and O–H groups in total. The lowest BCUT2D eigenvalue weighted by Crippen LogP contribution is -2.41. The molecule has 106 valence electrons. The maximum atomic E-state index is 12.6. The lowest BCUT2D eigenvalue weighted by atomic mass is 10.0.